The van der Waals surface area contributed by atoms with Crippen LogP contribution >= 0.6 is 0 Å². The van der Waals surface area contributed by atoms with E-state index in [9.17, 15) is 9.18 Å². The summed E-state index contributed by atoms with van der Waals surface area (Å²) in [6.45, 7) is 3.23. The highest BCUT2D eigenvalue weighted by Crippen LogP contribution is 2.26. The van der Waals surface area contributed by atoms with Crippen LogP contribution in [0.2, 0.25) is 0 Å². The summed E-state index contributed by atoms with van der Waals surface area (Å²) < 4.78 is 13.1. The molecule has 2 rings (SSSR count). The molecule has 0 radical (unpaired) electrons. The SMILES string of the molecule is CC(C)(CF)c1ccc(N=C(N)/C(=C\NC2CCCCC2)C(N)=O)cc1. The van der Waals surface area contributed by atoms with E-state index in [2.05, 4.69) is 10.3 Å². The summed E-state index contributed by atoms with van der Waals surface area (Å²) in [7, 11) is 0. The van der Waals surface area contributed by atoms with Gasteiger partial charge in [-0.25, -0.2) is 4.99 Å². The highest BCUT2D eigenvalue weighted by molar-refractivity contribution is 6.20. The number of nitrogens with one attached hydrogen (secondary N) is 1. The van der Waals surface area contributed by atoms with Crippen molar-refractivity contribution in [3.63, 3.8) is 0 Å². The number of benzene rings is 1. The van der Waals surface area contributed by atoms with Crippen molar-refractivity contribution in [1.29, 1.82) is 0 Å². The molecule has 0 bridgehead atoms. The van der Waals surface area contributed by atoms with Gasteiger partial charge in [0.25, 0.3) is 5.91 Å². The van der Waals surface area contributed by atoms with Crippen molar-refractivity contribution in [2.75, 3.05) is 6.67 Å². The van der Waals surface area contributed by atoms with Crippen molar-refractivity contribution < 1.29 is 9.18 Å². The van der Waals surface area contributed by atoms with Crippen LogP contribution in [0.3, 0.4) is 0 Å². The zero-order valence-electron chi connectivity index (χ0n) is 15.6. The lowest BCUT2D eigenvalue weighted by Gasteiger charge is -2.22. The molecule has 0 heterocycles. The van der Waals surface area contributed by atoms with Gasteiger partial charge in [0.2, 0.25) is 0 Å². The number of rotatable bonds is 7. The number of halogens is 1. The van der Waals surface area contributed by atoms with E-state index in [1.165, 1.54) is 19.3 Å². The van der Waals surface area contributed by atoms with Crippen LogP contribution in [0.25, 0.3) is 0 Å². The van der Waals surface area contributed by atoms with E-state index in [0.717, 1.165) is 18.4 Å². The quantitative estimate of drug-likeness (QED) is 0.396. The fourth-order valence-electron chi connectivity index (χ4n) is 3.01. The summed E-state index contributed by atoms with van der Waals surface area (Å²) in [4.78, 5) is 16.0. The Kier molecular flexibility index (Phi) is 6.77. The van der Waals surface area contributed by atoms with Crippen LogP contribution < -0.4 is 16.8 Å². The Morgan fingerprint density at radius 1 is 1.23 bits per heavy atom. The Hall–Kier alpha value is -2.37. The second-order valence-electron chi connectivity index (χ2n) is 7.49. The molecule has 6 heteroatoms. The van der Waals surface area contributed by atoms with Crippen LogP contribution in [0.5, 0.6) is 0 Å². The largest absolute Gasteiger partial charge is 0.387 e. The van der Waals surface area contributed by atoms with Gasteiger partial charge in [0.1, 0.15) is 5.84 Å². The van der Waals surface area contributed by atoms with Crippen LogP contribution in [0.15, 0.2) is 41.0 Å². The van der Waals surface area contributed by atoms with Gasteiger partial charge in [-0.2, -0.15) is 0 Å². The van der Waals surface area contributed by atoms with E-state index < -0.39 is 18.0 Å². The van der Waals surface area contributed by atoms with Crippen molar-refractivity contribution in [3.05, 3.63) is 41.6 Å². The first kappa shape index (κ1) is 19.9. The van der Waals surface area contributed by atoms with E-state index in [1.54, 1.807) is 18.3 Å². The third-order valence-corrected chi connectivity index (χ3v) is 4.84. The lowest BCUT2D eigenvalue weighted by atomic mass is 9.86. The number of nitrogens with zero attached hydrogens (tertiary/aromatic N) is 1. The smallest absolute Gasteiger partial charge is 0.253 e. The van der Waals surface area contributed by atoms with Gasteiger partial charge in [0.15, 0.2) is 0 Å². The van der Waals surface area contributed by atoms with Gasteiger partial charge in [-0.15, -0.1) is 0 Å². The molecule has 142 valence electrons. The van der Waals surface area contributed by atoms with Gasteiger partial charge in [0, 0.05) is 17.7 Å². The number of carbonyl (C=O) groups excluding carboxylic acids is 1. The lowest BCUT2D eigenvalue weighted by molar-refractivity contribution is -0.114. The van der Waals surface area contributed by atoms with Crippen molar-refractivity contribution in [2.45, 2.75) is 57.4 Å². The molecule has 26 heavy (non-hydrogen) atoms. The van der Waals surface area contributed by atoms with E-state index in [1.807, 2.05) is 26.0 Å². The molecule has 5 N–H and O–H groups in total. The van der Waals surface area contributed by atoms with Gasteiger partial charge in [-0.1, -0.05) is 45.2 Å². The minimum Gasteiger partial charge on any atom is -0.387 e. The van der Waals surface area contributed by atoms with Crippen molar-refractivity contribution >= 4 is 17.4 Å². The fourth-order valence-corrected chi connectivity index (χ4v) is 3.01. The Morgan fingerprint density at radius 3 is 2.38 bits per heavy atom. The van der Waals surface area contributed by atoms with Gasteiger partial charge >= 0.3 is 0 Å². The first-order valence-corrected chi connectivity index (χ1v) is 9.10. The maximum absolute atomic E-state index is 13.1. The molecule has 5 nitrogen and oxygen atoms in total. The van der Waals surface area contributed by atoms with Gasteiger partial charge in [-0.05, 0) is 30.5 Å². The molecule has 1 amide bonds. The van der Waals surface area contributed by atoms with Crippen LogP contribution in [0, 0.1) is 0 Å². The van der Waals surface area contributed by atoms with Crippen molar-refractivity contribution in [3.8, 4) is 0 Å². The molecule has 1 aromatic carbocycles. The minimum atomic E-state index is -0.621. The number of nitrogens with two attached hydrogens (primary N) is 2. The monoisotopic (exact) mass is 360 g/mol. The first-order chi connectivity index (χ1) is 12.3. The Bertz CT molecular complexity index is 674. The number of primary amides is 1. The zero-order chi connectivity index (χ0) is 19.2. The summed E-state index contributed by atoms with van der Waals surface area (Å²) in [5.74, 6) is -0.553. The average molecular weight is 360 g/mol. The van der Waals surface area contributed by atoms with Crippen molar-refractivity contribution in [2.24, 2.45) is 16.5 Å². The Balaban J connectivity index is 2.14. The summed E-state index contributed by atoms with van der Waals surface area (Å²) in [6, 6.07) is 7.49. The third kappa shape index (κ3) is 5.31. The van der Waals surface area contributed by atoms with E-state index in [4.69, 9.17) is 11.5 Å². The predicted molar refractivity (Wildman–Crippen MR) is 104 cm³/mol. The summed E-state index contributed by atoms with van der Waals surface area (Å²) in [6.07, 6.45) is 7.35. The molecule has 0 saturated heterocycles. The van der Waals surface area contributed by atoms with Crippen LogP contribution in [-0.2, 0) is 10.2 Å². The maximum Gasteiger partial charge on any atom is 0.253 e. The Morgan fingerprint density at radius 2 is 1.85 bits per heavy atom. The highest BCUT2D eigenvalue weighted by Gasteiger charge is 2.20. The van der Waals surface area contributed by atoms with Gasteiger partial charge in [-0.3, -0.25) is 9.18 Å². The molecule has 1 aliphatic rings. The van der Waals surface area contributed by atoms with Crippen LogP contribution in [-0.4, -0.2) is 24.5 Å². The van der Waals surface area contributed by atoms with Crippen LogP contribution in [0.1, 0.15) is 51.5 Å². The third-order valence-electron chi connectivity index (χ3n) is 4.84. The number of carbonyl (C=O) groups is 1. The van der Waals surface area contributed by atoms with E-state index in [0.29, 0.717) is 11.7 Å². The maximum atomic E-state index is 13.1. The Labute approximate surface area is 154 Å². The second kappa shape index (κ2) is 8.83. The minimum absolute atomic E-state index is 0.0679. The number of amidine groups is 1. The summed E-state index contributed by atoms with van der Waals surface area (Å²) in [5, 5.41) is 3.24. The molecule has 1 aliphatic carbocycles. The molecular formula is C20H29FN4O. The standard InChI is InChI=1S/C20H29FN4O/c1-20(2,13-21)14-8-10-16(11-9-14)25-18(22)17(19(23)26)12-24-15-6-4-3-5-7-15/h8-12,15,24H,3-7,13H2,1-2H3,(H2,22,25)(H2,23,26)/b17-12+. The lowest BCUT2D eigenvalue weighted by Crippen LogP contribution is -2.32. The number of aliphatic imine (C=N–C) groups is 1. The first-order valence-electron chi connectivity index (χ1n) is 9.10. The molecule has 1 aromatic rings. The molecule has 0 unspecified atom stereocenters. The number of hydrogen-bond donors (Lipinski definition) is 3. The van der Waals surface area contributed by atoms with Crippen LogP contribution in [0.4, 0.5) is 10.1 Å². The number of hydrogen-bond acceptors (Lipinski definition) is 3. The molecular weight excluding hydrogens is 331 g/mol. The molecule has 0 aromatic heterocycles. The molecule has 0 atom stereocenters. The zero-order valence-corrected chi connectivity index (χ0v) is 15.6. The normalized spacial score (nSPS) is 17.2. The number of amides is 1. The summed E-state index contributed by atoms with van der Waals surface area (Å²) >= 11 is 0. The van der Waals surface area contributed by atoms with Gasteiger partial charge in [0.05, 0.1) is 17.9 Å². The van der Waals surface area contributed by atoms with E-state index in [-0.39, 0.29) is 11.4 Å². The molecule has 0 aliphatic heterocycles. The van der Waals surface area contributed by atoms with E-state index >= 15 is 0 Å². The molecule has 1 fully saturated rings. The summed E-state index contributed by atoms with van der Waals surface area (Å²) in [5.41, 5.74) is 12.5. The predicted octanol–water partition coefficient (Wildman–Crippen LogP) is 3.21. The topological polar surface area (TPSA) is 93.5 Å². The van der Waals surface area contributed by atoms with Gasteiger partial charge < -0.3 is 16.8 Å². The fraction of sp³-hybridized carbons (Fsp3) is 0.500. The molecule has 1 saturated carbocycles. The second-order valence-corrected chi connectivity index (χ2v) is 7.49. The molecule has 0 spiro atoms. The van der Waals surface area contributed by atoms with Crippen molar-refractivity contribution in [1.82, 2.24) is 5.32 Å². The highest BCUT2D eigenvalue weighted by atomic mass is 19.1. The average Bonchev–Trinajstić information content (AvgIpc) is 2.63. The number of alkyl halides is 1.